The van der Waals surface area contributed by atoms with Crippen molar-refractivity contribution in [2.24, 2.45) is 5.41 Å². The highest BCUT2D eigenvalue weighted by Gasteiger charge is 2.31. The fraction of sp³-hybridized carbons (Fsp3) is 0.345. The highest BCUT2D eigenvalue weighted by Crippen LogP contribution is 2.30. The maximum Gasteiger partial charge on any atom is 0.324 e. The van der Waals surface area contributed by atoms with Crippen LogP contribution in [0.1, 0.15) is 65.4 Å². The summed E-state index contributed by atoms with van der Waals surface area (Å²) in [6.45, 7) is 16.0. The number of hydrogen-bond acceptors (Lipinski definition) is 6. The molecule has 6 aromatic rings. The molecule has 2 aliphatic rings. The summed E-state index contributed by atoms with van der Waals surface area (Å²) in [5.41, 5.74) is 7.52. The molecular weight excluding hydrogens is 844 g/mol. The summed E-state index contributed by atoms with van der Waals surface area (Å²) >= 11 is 5.98. The summed E-state index contributed by atoms with van der Waals surface area (Å²) in [6, 6.07) is 40.6. The second-order valence-electron chi connectivity index (χ2n) is 18.6. The average Bonchev–Trinajstić information content (AvgIpc) is 3.89. The summed E-state index contributed by atoms with van der Waals surface area (Å²) < 4.78 is 12.4. The Kier molecular flexibility index (Phi) is 16.0. The molecule has 66 heavy (non-hydrogen) atoms. The number of ether oxygens (including phenoxy) is 2. The number of carbonyl (C=O) groups is 2. The number of amides is 4. The molecule has 0 N–H and O–H groups in total. The summed E-state index contributed by atoms with van der Waals surface area (Å²) in [5, 5.41) is 0.737. The Balaban J connectivity index is 0.000000196. The maximum atomic E-state index is 12.7. The van der Waals surface area contributed by atoms with Crippen LogP contribution in [0.4, 0.5) is 21.0 Å². The minimum absolute atomic E-state index is 0.0163. The third-order valence-electron chi connectivity index (χ3n) is 12.2. The van der Waals surface area contributed by atoms with Crippen LogP contribution in [0.25, 0.3) is 22.3 Å². The Morgan fingerprint density at radius 1 is 0.530 bits per heavy atom. The van der Waals surface area contributed by atoms with Gasteiger partial charge >= 0.3 is 12.1 Å². The second-order valence-corrected chi connectivity index (χ2v) is 19.0. The highest BCUT2D eigenvalue weighted by atomic mass is 35.5. The quantitative estimate of drug-likeness (QED) is 0.0798. The van der Waals surface area contributed by atoms with Gasteiger partial charge in [0.15, 0.2) is 0 Å². The Morgan fingerprint density at radius 3 is 1.47 bits per heavy atom. The standard InChI is InChI=1S/C28H33N3O2.C27H30ClN3O2/c1-22-6-8-23(9-7-22)24-10-12-26(13-11-24)33-28(2,3)16-4-5-19-30-20-21-31(27(30)32)25-14-17-29-18-15-25;1-27(2,14-3-17-30-18-19-31(26(30)32)24-12-15-29-16-13-24)20-33-25-10-6-22(7-11-25)21-4-8-23(28)9-5-21/h6-15,17-18H,4-5,16,19-21H2,1-3H3;4-13,15-16H,3,14,17-20H2,1-2H3. The normalized spacial score (nSPS) is 14.1. The Hall–Kier alpha value is -6.39. The van der Waals surface area contributed by atoms with Crippen molar-refractivity contribution in [3.8, 4) is 33.8 Å². The van der Waals surface area contributed by atoms with Crippen molar-refractivity contribution in [3.05, 3.63) is 157 Å². The van der Waals surface area contributed by atoms with Crippen LogP contribution in [0.5, 0.6) is 11.5 Å². The van der Waals surface area contributed by atoms with Gasteiger partial charge in [-0.3, -0.25) is 19.8 Å². The molecule has 4 heterocycles. The number of nitrogens with zero attached hydrogens (tertiary/aromatic N) is 6. The SMILES string of the molecule is CC(C)(CCCN1CCN(c2ccncc2)C1=O)COc1ccc(-c2ccc(Cl)cc2)cc1.Cc1ccc(-c2ccc(OC(C)(C)CCCCN3CCN(c4ccncc4)C3=O)cc2)cc1. The van der Waals surface area contributed by atoms with E-state index < -0.39 is 0 Å². The second kappa shape index (κ2) is 22.2. The number of carbonyl (C=O) groups excluding carboxylic acids is 2. The number of anilines is 2. The monoisotopic (exact) mass is 906 g/mol. The predicted molar refractivity (Wildman–Crippen MR) is 268 cm³/mol. The van der Waals surface area contributed by atoms with Gasteiger partial charge in [-0.05, 0) is 141 Å². The number of benzene rings is 4. The van der Waals surface area contributed by atoms with Crippen molar-refractivity contribution in [1.82, 2.24) is 19.8 Å². The molecule has 2 saturated heterocycles. The summed E-state index contributed by atoms with van der Waals surface area (Å²) in [5.74, 6) is 1.75. The van der Waals surface area contributed by atoms with E-state index in [1.807, 2.05) is 92.4 Å². The van der Waals surface area contributed by atoms with Crippen LogP contribution in [0, 0.1) is 12.3 Å². The first-order valence-electron chi connectivity index (χ1n) is 23.1. The van der Waals surface area contributed by atoms with Crippen LogP contribution in [-0.4, -0.2) is 83.3 Å². The molecule has 0 bridgehead atoms. The van der Waals surface area contributed by atoms with E-state index in [1.54, 1.807) is 24.8 Å². The number of unbranched alkanes of at least 4 members (excludes halogenated alkanes) is 1. The van der Waals surface area contributed by atoms with Gasteiger partial charge in [0, 0.05) is 80.5 Å². The van der Waals surface area contributed by atoms with Crippen molar-refractivity contribution in [2.45, 2.75) is 72.3 Å². The third-order valence-corrected chi connectivity index (χ3v) is 12.4. The fourth-order valence-electron chi connectivity index (χ4n) is 8.28. The summed E-state index contributed by atoms with van der Waals surface area (Å²) in [7, 11) is 0. The van der Waals surface area contributed by atoms with Crippen LogP contribution < -0.4 is 19.3 Å². The molecule has 0 spiro atoms. The van der Waals surface area contributed by atoms with E-state index in [0.717, 1.165) is 110 Å². The average molecular weight is 908 g/mol. The van der Waals surface area contributed by atoms with E-state index in [1.165, 1.54) is 16.7 Å². The fourth-order valence-corrected chi connectivity index (χ4v) is 8.40. The lowest BCUT2D eigenvalue weighted by atomic mass is 9.89. The number of hydrogen-bond donors (Lipinski definition) is 0. The molecule has 4 aromatic carbocycles. The predicted octanol–water partition coefficient (Wildman–Crippen LogP) is 12.9. The van der Waals surface area contributed by atoms with E-state index in [2.05, 4.69) is 93.1 Å². The molecule has 10 nitrogen and oxygen atoms in total. The number of pyridine rings is 2. The van der Waals surface area contributed by atoms with Crippen LogP contribution in [0.3, 0.4) is 0 Å². The van der Waals surface area contributed by atoms with Crippen molar-refractivity contribution in [2.75, 3.05) is 55.7 Å². The number of urea groups is 2. The van der Waals surface area contributed by atoms with E-state index >= 15 is 0 Å². The van der Waals surface area contributed by atoms with E-state index in [9.17, 15) is 9.59 Å². The van der Waals surface area contributed by atoms with Crippen LogP contribution in [0.2, 0.25) is 5.02 Å². The zero-order valence-electron chi connectivity index (χ0n) is 39.0. The Labute approximate surface area is 396 Å². The first kappa shape index (κ1) is 47.6. The lowest BCUT2D eigenvalue weighted by molar-refractivity contribution is 0.0956. The van der Waals surface area contributed by atoms with Gasteiger partial charge in [0.05, 0.1) is 6.61 Å². The van der Waals surface area contributed by atoms with Gasteiger partial charge in [-0.1, -0.05) is 91.7 Å². The maximum absolute atomic E-state index is 12.7. The minimum Gasteiger partial charge on any atom is -0.493 e. The summed E-state index contributed by atoms with van der Waals surface area (Å²) in [4.78, 5) is 41.0. The highest BCUT2D eigenvalue weighted by molar-refractivity contribution is 6.30. The first-order chi connectivity index (χ1) is 31.8. The molecule has 2 aliphatic heterocycles. The number of aromatic nitrogens is 2. The van der Waals surface area contributed by atoms with Crippen LogP contribution >= 0.6 is 11.6 Å². The Morgan fingerprint density at radius 2 is 0.970 bits per heavy atom. The molecule has 0 aliphatic carbocycles. The van der Waals surface area contributed by atoms with Crippen molar-refractivity contribution in [3.63, 3.8) is 0 Å². The number of halogens is 1. The van der Waals surface area contributed by atoms with Gasteiger partial charge < -0.3 is 19.3 Å². The molecule has 0 unspecified atom stereocenters. The minimum atomic E-state index is -0.260. The molecular formula is C55H63ClN6O4. The molecule has 344 valence electrons. The van der Waals surface area contributed by atoms with Gasteiger partial charge in [-0.15, -0.1) is 0 Å². The molecule has 0 atom stereocenters. The number of rotatable bonds is 18. The molecule has 0 radical (unpaired) electrons. The molecule has 4 amide bonds. The van der Waals surface area contributed by atoms with Crippen LogP contribution in [0.15, 0.2) is 146 Å². The zero-order chi connectivity index (χ0) is 46.5. The van der Waals surface area contributed by atoms with Gasteiger partial charge in [-0.2, -0.15) is 0 Å². The van der Waals surface area contributed by atoms with E-state index in [4.69, 9.17) is 21.1 Å². The van der Waals surface area contributed by atoms with E-state index in [0.29, 0.717) is 6.61 Å². The lowest BCUT2D eigenvalue weighted by Crippen LogP contribution is -2.33. The number of aryl methyl sites for hydroxylation is 1. The molecule has 2 aromatic heterocycles. The topological polar surface area (TPSA) is 91.3 Å². The lowest BCUT2D eigenvalue weighted by Gasteiger charge is -2.27. The smallest absolute Gasteiger partial charge is 0.324 e. The van der Waals surface area contributed by atoms with Crippen molar-refractivity contribution >= 4 is 35.0 Å². The largest absolute Gasteiger partial charge is 0.493 e. The Bertz CT molecular complexity index is 2450. The molecule has 0 saturated carbocycles. The third kappa shape index (κ3) is 13.3. The van der Waals surface area contributed by atoms with E-state index in [-0.39, 0.29) is 23.1 Å². The van der Waals surface area contributed by atoms with Crippen molar-refractivity contribution in [1.29, 1.82) is 0 Å². The molecule has 11 heteroatoms. The van der Waals surface area contributed by atoms with Gasteiger partial charge in [0.2, 0.25) is 0 Å². The summed E-state index contributed by atoms with van der Waals surface area (Å²) in [6.07, 6.45) is 11.7. The van der Waals surface area contributed by atoms with Crippen LogP contribution in [-0.2, 0) is 0 Å². The van der Waals surface area contributed by atoms with Gasteiger partial charge in [-0.25, -0.2) is 9.59 Å². The van der Waals surface area contributed by atoms with Gasteiger partial charge in [0.25, 0.3) is 0 Å². The van der Waals surface area contributed by atoms with Crippen molar-refractivity contribution < 1.29 is 19.1 Å². The first-order valence-corrected chi connectivity index (χ1v) is 23.5. The molecule has 2 fully saturated rings. The molecule has 8 rings (SSSR count). The zero-order valence-corrected chi connectivity index (χ0v) is 39.8. The van der Waals surface area contributed by atoms with Gasteiger partial charge in [0.1, 0.15) is 17.1 Å².